The molecule has 0 spiro atoms. The van der Waals surface area contributed by atoms with Gasteiger partial charge in [-0.1, -0.05) is 25.1 Å². The van der Waals surface area contributed by atoms with Gasteiger partial charge in [0.15, 0.2) is 11.5 Å². The van der Waals surface area contributed by atoms with Crippen LogP contribution in [-0.4, -0.2) is 66.3 Å². The van der Waals surface area contributed by atoms with Gasteiger partial charge in [-0.25, -0.2) is 0 Å². The van der Waals surface area contributed by atoms with Crippen LogP contribution in [0.25, 0.3) is 10.9 Å². The summed E-state index contributed by atoms with van der Waals surface area (Å²) in [5.41, 5.74) is 4.70. The number of hydrogen-bond acceptors (Lipinski definition) is 5. The summed E-state index contributed by atoms with van der Waals surface area (Å²) in [5.74, 6) is 1.73. The molecule has 0 bridgehead atoms. The lowest BCUT2D eigenvalue weighted by molar-refractivity contribution is 0.0701. The van der Waals surface area contributed by atoms with Crippen LogP contribution in [0.4, 0.5) is 0 Å². The van der Waals surface area contributed by atoms with E-state index < -0.39 is 0 Å². The second-order valence-electron chi connectivity index (χ2n) is 9.96. The first-order valence-electron chi connectivity index (χ1n) is 13.0. The zero-order chi connectivity index (χ0) is 24.4. The lowest BCUT2D eigenvalue weighted by Gasteiger charge is -2.41. The van der Waals surface area contributed by atoms with Gasteiger partial charge in [0.2, 0.25) is 0 Å². The Labute approximate surface area is 208 Å². The molecule has 0 aliphatic carbocycles. The van der Waals surface area contributed by atoms with E-state index in [4.69, 9.17) is 9.47 Å². The van der Waals surface area contributed by atoms with Gasteiger partial charge in [0.25, 0.3) is 5.56 Å². The van der Waals surface area contributed by atoms with Gasteiger partial charge < -0.3 is 18.9 Å². The van der Waals surface area contributed by atoms with E-state index in [2.05, 4.69) is 54.0 Å². The van der Waals surface area contributed by atoms with Crippen molar-refractivity contribution in [2.45, 2.75) is 46.2 Å². The van der Waals surface area contributed by atoms with E-state index in [0.717, 1.165) is 74.7 Å². The van der Waals surface area contributed by atoms with Crippen LogP contribution in [0.5, 0.6) is 11.5 Å². The van der Waals surface area contributed by atoms with Gasteiger partial charge in [0, 0.05) is 56.8 Å². The Morgan fingerprint density at radius 3 is 2.57 bits per heavy atom. The van der Waals surface area contributed by atoms with Crippen molar-refractivity contribution in [3.05, 3.63) is 69.5 Å². The molecule has 6 nitrogen and oxygen atoms in total. The molecule has 1 fully saturated rings. The van der Waals surface area contributed by atoms with Crippen LogP contribution in [0.3, 0.4) is 0 Å². The molecule has 3 aromatic rings. The minimum Gasteiger partial charge on any atom is -0.486 e. The first kappa shape index (κ1) is 23.9. The number of fused-ring (bicyclic) bond motifs is 2. The molecule has 186 valence electrons. The van der Waals surface area contributed by atoms with Crippen LogP contribution >= 0.6 is 0 Å². The number of nitrogens with zero attached hydrogens (tertiary/aromatic N) is 3. The van der Waals surface area contributed by atoms with E-state index in [0.29, 0.717) is 19.3 Å². The Hall–Kier alpha value is -2.83. The fraction of sp³-hybridized carbons (Fsp3) is 0.483. The van der Waals surface area contributed by atoms with Gasteiger partial charge in [0.05, 0.1) is 5.52 Å². The van der Waals surface area contributed by atoms with Crippen molar-refractivity contribution < 1.29 is 9.47 Å². The number of aromatic nitrogens is 1. The van der Waals surface area contributed by atoms with E-state index in [1.807, 2.05) is 17.6 Å². The topological polar surface area (TPSA) is 46.9 Å². The molecule has 2 aliphatic heterocycles. The summed E-state index contributed by atoms with van der Waals surface area (Å²) < 4.78 is 13.4. The molecule has 3 heterocycles. The summed E-state index contributed by atoms with van der Waals surface area (Å²) in [6.45, 7) is 13.5. The zero-order valence-electron chi connectivity index (χ0n) is 21.3. The molecule has 5 rings (SSSR count). The lowest BCUT2D eigenvalue weighted by atomic mass is 10.1. The van der Waals surface area contributed by atoms with Gasteiger partial charge in [-0.15, -0.1) is 0 Å². The van der Waals surface area contributed by atoms with Crippen LogP contribution < -0.4 is 15.0 Å². The van der Waals surface area contributed by atoms with E-state index in [1.165, 1.54) is 16.5 Å². The predicted octanol–water partition coefficient (Wildman–Crippen LogP) is 4.03. The molecule has 0 amide bonds. The first-order chi connectivity index (χ1) is 17.0. The molecule has 6 heteroatoms. The predicted molar refractivity (Wildman–Crippen MR) is 141 cm³/mol. The van der Waals surface area contributed by atoms with E-state index in [-0.39, 0.29) is 5.56 Å². The Bertz CT molecular complexity index is 1250. The summed E-state index contributed by atoms with van der Waals surface area (Å²) in [4.78, 5) is 18.0. The highest BCUT2D eigenvalue weighted by Gasteiger charge is 2.25. The third-order valence-electron chi connectivity index (χ3n) is 7.57. The molecule has 1 saturated heterocycles. The Kier molecular flexibility index (Phi) is 7.12. The van der Waals surface area contributed by atoms with E-state index >= 15 is 0 Å². The number of rotatable bonds is 7. The van der Waals surface area contributed by atoms with Crippen molar-refractivity contribution in [3.63, 3.8) is 0 Å². The number of benzene rings is 2. The fourth-order valence-corrected chi connectivity index (χ4v) is 5.49. The molecule has 2 aromatic carbocycles. The summed E-state index contributed by atoms with van der Waals surface area (Å²) in [5, 5.41) is 1.17. The SMILES string of the molecule is CCC1CN(CCc2ccc3c(c2)OCCO3)CCN1CCn1c(=O)cc(C)c2ccc(C)cc21. The fourth-order valence-electron chi connectivity index (χ4n) is 5.49. The minimum absolute atomic E-state index is 0.103. The molecule has 0 radical (unpaired) electrons. The number of aryl methyl sites for hydroxylation is 2. The third-order valence-corrected chi connectivity index (χ3v) is 7.57. The highest BCUT2D eigenvalue weighted by atomic mass is 16.6. The number of ether oxygens (including phenoxy) is 2. The van der Waals surface area contributed by atoms with Crippen molar-refractivity contribution in [2.24, 2.45) is 0 Å². The van der Waals surface area contributed by atoms with Crippen LogP contribution in [0.2, 0.25) is 0 Å². The van der Waals surface area contributed by atoms with Crippen molar-refractivity contribution >= 4 is 10.9 Å². The Balaban J connectivity index is 1.20. The summed E-state index contributed by atoms with van der Waals surface area (Å²) in [6.07, 6.45) is 2.13. The van der Waals surface area contributed by atoms with Crippen LogP contribution in [-0.2, 0) is 13.0 Å². The normalized spacial score (nSPS) is 18.8. The smallest absolute Gasteiger partial charge is 0.251 e. The Morgan fingerprint density at radius 2 is 1.74 bits per heavy atom. The van der Waals surface area contributed by atoms with Crippen molar-refractivity contribution in [3.8, 4) is 11.5 Å². The largest absolute Gasteiger partial charge is 0.486 e. The van der Waals surface area contributed by atoms with Gasteiger partial charge in [-0.2, -0.15) is 0 Å². The Morgan fingerprint density at radius 1 is 0.914 bits per heavy atom. The second-order valence-corrected chi connectivity index (χ2v) is 9.96. The quantitative estimate of drug-likeness (QED) is 0.516. The number of hydrogen-bond donors (Lipinski definition) is 0. The van der Waals surface area contributed by atoms with Crippen molar-refractivity contribution in [2.75, 3.05) is 45.9 Å². The standard InChI is InChI=1S/C29H37N3O3/c1-4-24-20-30(10-9-23-6-8-27-28(19-23)35-16-15-34-27)11-12-31(24)13-14-32-26-17-21(2)5-7-25(26)22(3)18-29(32)33/h5-8,17-19,24H,4,9-16,20H2,1-3H3. The van der Waals surface area contributed by atoms with Crippen molar-refractivity contribution in [1.82, 2.24) is 14.4 Å². The monoisotopic (exact) mass is 475 g/mol. The maximum Gasteiger partial charge on any atom is 0.251 e. The van der Waals surface area contributed by atoms with Gasteiger partial charge in [-0.3, -0.25) is 9.69 Å². The van der Waals surface area contributed by atoms with Crippen LogP contribution in [0.1, 0.15) is 30.0 Å². The average molecular weight is 476 g/mol. The molecule has 35 heavy (non-hydrogen) atoms. The molecule has 0 saturated carbocycles. The zero-order valence-corrected chi connectivity index (χ0v) is 21.3. The maximum absolute atomic E-state index is 12.9. The van der Waals surface area contributed by atoms with E-state index in [1.54, 1.807) is 6.07 Å². The summed E-state index contributed by atoms with van der Waals surface area (Å²) in [6, 6.07) is 15.0. The number of pyridine rings is 1. The summed E-state index contributed by atoms with van der Waals surface area (Å²) >= 11 is 0. The maximum atomic E-state index is 12.9. The molecule has 2 aliphatic rings. The van der Waals surface area contributed by atoms with Gasteiger partial charge >= 0.3 is 0 Å². The first-order valence-corrected chi connectivity index (χ1v) is 13.0. The molecule has 1 atom stereocenters. The highest BCUT2D eigenvalue weighted by Crippen LogP contribution is 2.31. The molecule has 0 N–H and O–H groups in total. The van der Waals surface area contributed by atoms with E-state index in [9.17, 15) is 4.79 Å². The minimum atomic E-state index is 0.103. The highest BCUT2D eigenvalue weighted by molar-refractivity contribution is 5.83. The molecule has 1 aromatic heterocycles. The average Bonchev–Trinajstić information content (AvgIpc) is 2.87. The van der Waals surface area contributed by atoms with Crippen LogP contribution in [0, 0.1) is 13.8 Å². The van der Waals surface area contributed by atoms with Gasteiger partial charge in [0.1, 0.15) is 13.2 Å². The third kappa shape index (κ3) is 5.24. The second kappa shape index (κ2) is 10.4. The van der Waals surface area contributed by atoms with Gasteiger partial charge in [-0.05, 0) is 61.6 Å². The molecular formula is C29H37N3O3. The lowest BCUT2D eigenvalue weighted by Crippen LogP contribution is -2.54. The number of piperazine rings is 1. The molecular weight excluding hydrogens is 438 g/mol. The van der Waals surface area contributed by atoms with Crippen LogP contribution in [0.15, 0.2) is 47.3 Å². The van der Waals surface area contributed by atoms with Crippen molar-refractivity contribution in [1.29, 1.82) is 0 Å². The summed E-state index contributed by atoms with van der Waals surface area (Å²) in [7, 11) is 0. The molecule has 1 unspecified atom stereocenters.